The summed E-state index contributed by atoms with van der Waals surface area (Å²) in [6.07, 6.45) is 3.30. The van der Waals surface area contributed by atoms with Gasteiger partial charge < -0.3 is 10.6 Å². The molecule has 108 valence electrons. The zero-order valence-corrected chi connectivity index (χ0v) is 11.9. The zero-order valence-electron chi connectivity index (χ0n) is 11.9. The van der Waals surface area contributed by atoms with Crippen LogP contribution >= 0.6 is 0 Å². The van der Waals surface area contributed by atoms with Crippen LogP contribution in [-0.4, -0.2) is 29.0 Å². The largest absolute Gasteiger partial charge is 0.323 e. The van der Waals surface area contributed by atoms with Crippen LogP contribution in [0.25, 0.3) is 11.4 Å². The predicted molar refractivity (Wildman–Crippen MR) is 81.6 cm³/mol. The lowest BCUT2D eigenvalue weighted by Gasteiger charge is -2.31. The summed E-state index contributed by atoms with van der Waals surface area (Å²) in [5, 5.41) is 6.06. The molecule has 5 heteroatoms. The number of nitrogens with zero attached hydrogens (tertiary/aromatic N) is 2. The highest BCUT2D eigenvalue weighted by Gasteiger charge is 2.28. The molecule has 1 aromatic heterocycles. The van der Waals surface area contributed by atoms with E-state index in [0.29, 0.717) is 17.4 Å². The first-order valence-corrected chi connectivity index (χ1v) is 7.13. The molecule has 21 heavy (non-hydrogen) atoms. The Labute approximate surface area is 123 Å². The molecule has 2 N–H and O–H groups in total. The fraction of sp³-hybridized carbons (Fsp3) is 0.312. The molecule has 1 aliphatic heterocycles. The first-order chi connectivity index (χ1) is 10.2. The molecule has 0 saturated carbocycles. The molecule has 5 nitrogen and oxygen atoms in total. The summed E-state index contributed by atoms with van der Waals surface area (Å²) in [6, 6.07) is 9.76. The second-order valence-corrected chi connectivity index (χ2v) is 5.36. The van der Waals surface area contributed by atoms with Crippen LogP contribution in [0.2, 0.25) is 0 Å². The molecule has 0 spiro atoms. The lowest BCUT2D eigenvalue weighted by atomic mass is 9.88. The van der Waals surface area contributed by atoms with Crippen molar-refractivity contribution < 1.29 is 4.79 Å². The van der Waals surface area contributed by atoms with Gasteiger partial charge in [-0.2, -0.15) is 0 Å². The van der Waals surface area contributed by atoms with E-state index >= 15 is 0 Å². The van der Waals surface area contributed by atoms with Gasteiger partial charge in [-0.1, -0.05) is 37.3 Å². The van der Waals surface area contributed by atoms with Crippen LogP contribution in [-0.2, 0) is 4.79 Å². The van der Waals surface area contributed by atoms with Crippen molar-refractivity contribution in [1.82, 2.24) is 15.3 Å². The fourth-order valence-corrected chi connectivity index (χ4v) is 2.26. The average Bonchev–Trinajstić information content (AvgIpc) is 2.47. The SMILES string of the molecule is CC(C(=O)Nc1cnc(-c2ccccc2)nc1)C1CNC1. The molecule has 0 bridgehead atoms. The number of nitrogens with one attached hydrogen (secondary N) is 2. The van der Waals surface area contributed by atoms with Crippen LogP contribution in [0.3, 0.4) is 0 Å². The fourth-order valence-electron chi connectivity index (χ4n) is 2.26. The molecule has 2 aromatic rings. The third-order valence-electron chi connectivity index (χ3n) is 3.89. The van der Waals surface area contributed by atoms with Crippen molar-refractivity contribution in [3.63, 3.8) is 0 Å². The Morgan fingerprint density at radius 3 is 2.48 bits per heavy atom. The molecule has 3 rings (SSSR count). The van der Waals surface area contributed by atoms with Gasteiger partial charge in [-0.15, -0.1) is 0 Å². The lowest BCUT2D eigenvalue weighted by molar-refractivity contribution is -0.121. The van der Waals surface area contributed by atoms with Gasteiger partial charge in [0.25, 0.3) is 0 Å². The predicted octanol–water partition coefficient (Wildman–Crippen LogP) is 1.94. The quantitative estimate of drug-likeness (QED) is 0.899. The van der Waals surface area contributed by atoms with E-state index in [1.807, 2.05) is 37.3 Å². The van der Waals surface area contributed by atoms with Gasteiger partial charge in [-0.3, -0.25) is 4.79 Å². The Kier molecular flexibility index (Phi) is 3.92. The van der Waals surface area contributed by atoms with Crippen LogP contribution in [0, 0.1) is 11.8 Å². The number of hydrogen-bond acceptors (Lipinski definition) is 4. The number of amides is 1. The highest BCUT2D eigenvalue weighted by atomic mass is 16.1. The molecular formula is C16H18N4O. The number of carbonyl (C=O) groups is 1. The first kappa shape index (κ1) is 13.7. The van der Waals surface area contributed by atoms with Gasteiger partial charge >= 0.3 is 0 Å². The van der Waals surface area contributed by atoms with Gasteiger partial charge in [-0.05, 0) is 19.0 Å². The van der Waals surface area contributed by atoms with E-state index < -0.39 is 0 Å². The van der Waals surface area contributed by atoms with E-state index in [1.54, 1.807) is 12.4 Å². The number of benzene rings is 1. The molecule has 0 aliphatic carbocycles. The van der Waals surface area contributed by atoms with Gasteiger partial charge in [0, 0.05) is 11.5 Å². The van der Waals surface area contributed by atoms with Crippen LogP contribution < -0.4 is 10.6 Å². The van der Waals surface area contributed by atoms with Gasteiger partial charge in [-0.25, -0.2) is 9.97 Å². The average molecular weight is 282 g/mol. The van der Waals surface area contributed by atoms with Crippen molar-refractivity contribution >= 4 is 11.6 Å². The smallest absolute Gasteiger partial charge is 0.227 e. The van der Waals surface area contributed by atoms with Crippen LogP contribution in [0.4, 0.5) is 5.69 Å². The summed E-state index contributed by atoms with van der Waals surface area (Å²) in [5.41, 5.74) is 1.60. The van der Waals surface area contributed by atoms with E-state index in [4.69, 9.17) is 0 Å². The third-order valence-corrected chi connectivity index (χ3v) is 3.89. The molecule has 1 amide bonds. The zero-order chi connectivity index (χ0) is 14.7. The number of anilines is 1. The van der Waals surface area contributed by atoms with Crippen LogP contribution in [0.5, 0.6) is 0 Å². The maximum atomic E-state index is 12.1. The van der Waals surface area contributed by atoms with E-state index in [1.165, 1.54) is 0 Å². The van der Waals surface area contributed by atoms with Gasteiger partial charge in [0.05, 0.1) is 18.1 Å². The van der Waals surface area contributed by atoms with E-state index in [-0.39, 0.29) is 11.8 Å². The molecule has 1 aromatic carbocycles. The van der Waals surface area contributed by atoms with Crippen molar-refractivity contribution in [1.29, 1.82) is 0 Å². The highest BCUT2D eigenvalue weighted by molar-refractivity contribution is 5.92. The first-order valence-electron chi connectivity index (χ1n) is 7.13. The summed E-state index contributed by atoms with van der Waals surface area (Å²) >= 11 is 0. The molecule has 1 fully saturated rings. The van der Waals surface area contributed by atoms with Gasteiger partial charge in [0.15, 0.2) is 5.82 Å². The second-order valence-electron chi connectivity index (χ2n) is 5.36. The normalized spacial score (nSPS) is 16.0. The number of aromatic nitrogens is 2. The minimum absolute atomic E-state index is 0.0000462. The number of carbonyl (C=O) groups excluding carboxylic acids is 1. The van der Waals surface area contributed by atoms with Crippen LogP contribution in [0.15, 0.2) is 42.7 Å². The number of hydrogen-bond donors (Lipinski definition) is 2. The van der Waals surface area contributed by atoms with Crippen molar-refractivity contribution in [2.75, 3.05) is 18.4 Å². The summed E-state index contributed by atoms with van der Waals surface area (Å²) in [7, 11) is 0. The summed E-state index contributed by atoms with van der Waals surface area (Å²) in [5.74, 6) is 1.11. The van der Waals surface area contributed by atoms with Crippen LogP contribution in [0.1, 0.15) is 6.92 Å². The Hall–Kier alpha value is -2.27. The van der Waals surface area contributed by atoms with Crippen molar-refractivity contribution in [2.24, 2.45) is 11.8 Å². The topological polar surface area (TPSA) is 66.9 Å². The molecule has 1 aliphatic rings. The summed E-state index contributed by atoms with van der Waals surface area (Å²) in [6.45, 7) is 3.79. The molecule has 1 unspecified atom stereocenters. The summed E-state index contributed by atoms with van der Waals surface area (Å²) in [4.78, 5) is 20.7. The molecule has 0 radical (unpaired) electrons. The maximum absolute atomic E-state index is 12.1. The minimum Gasteiger partial charge on any atom is -0.323 e. The molecule has 2 heterocycles. The Morgan fingerprint density at radius 1 is 1.24 bits per heavy atom. The maximum Gasteiger partial charge on any atom is 0.227 e. The van der Waals surface area contributed by atoms with E-state index in [2.05, 4.69) is 20.6 Å². The Morgan fingerprint density at radius 2 is 1.90 bits per heavy atom. The third kappa shape index (κ3) is 3.08. The molecule has 1 saturated heterocycles. The van der Waals surface area contributed by atoms with E-state index in [0.717, 1.165) is 18.7 Å². The monoisotopic (exact) mass is 282 g/mol. The summed E-state index contributed by atoms with van der Waals surface area (Å²) < 4.78 is 0. The van der Waals surface area contributed by atoms with Gasteiger partial charge in [0.2, 0.25) is 5.91 Å². The van der Waals surface area contributed by atoms with Crippen molar-refractivity contribution in [3.8, 4) is 11.4 Å². The Bertz CT molecular complexity index is 608. The number of rotatable bonds is 4. The highest BCUT2D eigenvalue weighted by Crippen LogP contribution is 2.19. The van der Waals surface area contributed by atoms with Gasteiger partial charge in [0.1, 0.15) is 0 Å². The molecule has 1 atom stereocenters. The standard InChI is InChI=1S/C16H18N4O/c1-11(13-7-17-8-13)16(21)20-14-9-18-15(19-10-14)12-5-3-2-4-6-12/h2-6,9-11,13,17H,7-8H2,1H3,(H,20,21). The Balaban J connectivity index is 1.65. The lowest BCUT2D eigenvalue weighted by Crippen LogP contribution is -2.48. The molecular weight excluding hydrogens is 264 g/mol. The van der Waals surface area contributed by atoms with Crippen molar-refractivity contribution in [2.45, 2.75) is 6.92 Å². The van der Waals surface area contributed by atoms with E-state index in [9.17, 15) is 4.79 Å². The minimum atomic E-state index is 0.0000462. The second kappa shape index (κ2) is 6.01. The van der Waals surface area contributed by atoms with Crippen molar-refractivity contribution in [3.05, 3.63) is 42.7 Å².